The van der Waals surface area contributed by atoms with Gasteiger partial charge in [-0.15, -0.1) is 0 Å². The number of rotatable bonds is 9. The summed E-state index contributed by atoms with van der Waals surface area (Å²) in [7, 11) is 1.68. The Bertz CT molecular complexity index is 757. The molecule has 0 radical (unpaired) electrons. The molecule has 29 heavy (non-hydrogen) atoms. The van der Waals surface area contributed by atoms with E-state index in [4.69, 9.17) is 4.74 Å². The summed E-state index contributed by atoms with van der Waals surface area (Å²) < 4.78 is 18.1. The molecule has 2 aromatic carbocycles. The van der Waals surface area contributed by atoms with Crippen molar-refractivity contribution in [2.45, 2.75) is 19.3 Å². The second-order valence-electron chi connectivity index (χ2n) is 7.36. The van der Waals surface area contributed by atoms with Crippen LogP contribution in [0, 0.1) is 5.82 Å². The lowest BCUT2D eigenvalue weighted by Crippen LogP contribution is -2.47. The highest BCUT2D eigenvalue weighted by atomic mass is 19.1. The Morgan fingerprint density at radius 1 is 1.03 bits per heavy atom. The lowest BCUT2D eigenvalue weighted by atomic mass is 10.1. The van der Waals surface area contributed by atoms with Crippen molar-refractivity contribution >= 4 is 11.6 Å². The van der Waals surface area contributed by atoms with E-state index in [2.05, 4.69) is 27.2 Å². The molecule has 0 bridgehead atoms. The first kappa shape index (κ1) is 21.1. The number of carbonyl (C=O) groups is 1. The zero-order valence-electron chi connectivity index (χ0n) is 17.1. The zero-order chi connectivity index (χ0) is 20.5. The highest BCUT2D eigenvalue weighted by molar-refractivity contribution is 5.76. The number of piperazine rings is 1. The number of hydrogen-bond donors (Lipinski definition) is 1. The van der Waals surface area contributed by atoms with Gasteiger partial charge in [-0.05, 0) is 61.3 Å². The fraction of sp³-hybridized carbons (Fsp3) is 0.435. The van der Waals surface area contributed by atoms with Gasteiger partial charge in [0.15, 0.2) is 0 Å². The van der Waals surface area contributed by atoms with E-state index >= 15 is 0 Å². The van der Waals surface area contributed by atoms with Crippen LogP contribution in [0.3, 0.4) is 0 Å². The van der Waals surface area contributed by atoms with E-state index in [1.165, 1.54) is 17.8 Å². The van der Waals surface area contributed by atoms with E-state index in [0.29, 0.717) is 19.4 Å². The minimum absolute atomic E-state index is 0.0543. The molecule has 1 amide bonds. The van der Waals surface area contributed by atoms with Gasteiger partial charge in [-0.25, -0.2) is 4.39 Å². The molecule has 0 unspecified atom stereocenters. The van der Waals surface area contributed by atoms with Crippen molar-refractivity contribution in [2.75, 3.05) is 51.3 Å². The second kappa shape index (κ2) is 10.8. The number of hydrogen-bond acceptors (Lipinski definition) is 4. The first-order valence-corrected chi connectivity index (χ1v) is 10.3. The predicted octanol–water partition coefficient (Wildman–Crippen LogP) is 3.10. The Hall–Kier alpha value is -2.60. The number of methoxy groups -OCH3 is 1. The molecule has 1 N–H and O–H groups in total. The Kier molecular flexibility index (Phi) is 7.87. The second-order valence-corrected chi connectivity index (χ2v) is 7.36. The van der Waals surface area contributed by atoms with Gasteiger partial charge in [0.05, 0.1) is 7.11 Å². The van der Waals surface area contributed by atoms with Gasteiger partial charge >= 0.3 is 0 Å². The van der Waals surface area contributed by atoms with Crippen molar-refractivity contribution in [3.8, 4) is 5.75 Å². The summed E-state index contributed by atoms with van der Waals surface area (Å²) in [5.74, 6) is 0.689. The highest BCUT2D eigenvalue weighted by Crippen LogP contribution is 2.20. The van der Waals surface area contributed by atoms with Gasteiger partial charge in [0.1, 0.15) is 11.6 Å². The molecule has 0 atom stereocenters. The van der Waals surface area contributed by atoms with Crippen molar-refractivity contribution in [2.24, 2.45) is 0 Å². The zero-order valence-corrected chi connectivity index (χ0v) is 17.1. The van der Waals surface area contributed by atoms with Gasteiger partial charge < -0.3 is 15.0 Å². The monoisotopic (exact) mass is 399 g/mol. The van der Waals surface area contributed by atoms with Crippen molar-refractivity contribution in [1.82, 2.24) is 10.2 Å². The Balaban J connectivity index is 1.27. The van der Waals surface area contributed by atoms with Crippen LogP contribution in [0.1, 0.15) is 18.4 Å². The first-order valence-electron chi connectivity index (χ1n) is 10.3. The van der Waals surface area contributed by atoms with Gasteiger partial charge in [0.25, 0.3) is 0 Å². The van der Waals surface area contributed by atoms with Gasteiger partial charge in [0.2, 0.25) is 5.91 Å². The van der Waals surface area contributed by atoms with E-state index in [0.717, 1.165) is 50.5 Å². The van der Waals surface area contributed by atoms with E-state index in [1.54, 1.807) is 19.2 Å². The van der Waals surface area contributed by atoms with Gasteiger partial charge in [-0.1, -0.05) is 12.1 Å². The molecule has 1 saturated heterocycles. The third-order valence-corrected chi connectivity index (χ3v) is 5.34. The summed E-state index contributed by atoms with van der Waals surface area (Å²) in [5, 5.41) is 2.99. The fourth-order valence-electron chi connectivity index (χ4n) is 3.55. The predicted molar refractivity (Wildman–Crippen MR) is 114 cm³/mol. The molecule has 5 nitrogen and oxygen atoms in total. The molecule has 156 valence electrons. The van der Waals surface area contributed by atoms with Gasteiger partial charge in [-0.3, -0.25) is 9.69 Å². The van der Waals surface area contributed by atoms with Crippen LogP contribution in [0.15, 0.2) is 48.5 Å². The molecule has 1 aliphatic rings. The number of halogens is 1. The number of carbonyl (C=O) groups excluding carboxylic acids is 1. The lowest BCUT2D eigenvalue weighted by molar-refractivity contribution is -0.121. The van der Waals surface area contributed by atoms with Crippen LogP contribution in [0.25, 0.3) is 0 Å². The lowest BCUT2D eigenvalue weighted by Gasteiger charge is -2.36. The van der Waals surface area contributed by atoms with Crippen LogP contribution in [-0.4, -0.2) is 57.2 Å². The van der Waals surface area contributed by atoms with E-state index in [1.807, 2.05) is 12.1 Å². The number of benzene rings is 2. The number of anilines is 1. The summed E-state index contributed by atoms with van der Waals surface area (Å²) in [4.78, 5) is 16.8. The molecule has 2 aromatic rings. The molecule has 1 aliphatic heterocycles. The molecule has 1 heterocycles. The van der Waals surface area contributed by atoms with Crippen molar-refractivity contribution < 1.29 is 13.9 Å². The minimum atomic E-state index is -0.247. The quantitative estimate of drug-likeness (QED) is 0.658. The van der Waals surface area contributed by atoms with Crippen LogP contribution in [-0.2, 0) is 11.2 Å². The SMILES string of the molecule is COc1ccc(N2CCN(CCCNC(=O)CCc3ccc(F)cc3)CC2)cc1. The molecule has 0 aromatic heterocycles. The summed E-state index contributed by atoms with van der Waals surface area (Å²) in [6.45, 7) is 5.78. The van der Waals surface area contributed by atoms with Crippen LogP contribution < -0.4 is 15.0 Å². The van der Waals surface area contributed by atoms with E-state index in [-0.39, 0.29) is 11.7 Å². The van der Waals surface area contributed by atoms with Gasteiger partial charge in [0, 0.05) is 44.8 Å². The van der Waals surface area contributed by atoms with Gasteiger partial charge in [-0.2, -0.15) is 0 Å². The molecule has 6 heteroatoms. The molecular weight excluding hydrogens is 369 g/mol. The third-order valence-electron chi connectivity index (χ3n) is 5.34. The van der Waals surface area contributed by atoms with Crippen LogP contribution in [0.5, 0.6) is 5.75 Å². The number of nitrogens with one attached hydrogen (secondary N) is 1. The van der Waals surface area contributed by atoms with Crippen molar-refractivity contribution in [3.05, 3.63) is 59.9 Å². The molecular formula is C23H30FN3O2. The molecule has 3 rings (SSSR count). The largest absolute Gasteiger partial charge is 0.497 e. The van der Waals surface area contributed by atoms with Crippen molar-refractivity contribution in [3.63, 3.8) is 0 Å². The fourth-order valence-corrected chi connectivity index (χ4v) is 3.55. The normalized spacial score (nSPS) is 14.6. The summed E-state index contributed by atoms with van der Waals surface area (Å²) in [6, 6.07) is 14.5. The summed E-state index contributed by atoms with van der Waals surface area (Å²) in [5.41, 5.74) is 2.22. The summed E-state index contributed by atoms with van der Waals surface area (Å²) >= 11 is 0. The maximum absolute atomic E-state index is 12.9. The average molecular weight is 400 g/mol. The topological polar surface area (TPSA) is 44.8 Å². The molecule has 0 spiro atoms. The number of nitrogens with zero attached hydrogens (tertiary/aromatic N) is 2. The standard InChI is InChI=1S/C23H30FN3O2/c1-29-22-10-8-21(9-11-22)27-17-15-26(16-18-27)14-2-13-25-23(28)12-5-19-3-6-20(24)7-4-19/h3-4,6-11H,2,5,12-18H2,1H3,(H,25,28). The molecule has 0 saturated carbocycles. The Morgan fingerprint density at radius 3 is 2.38 bits per heavy atom. The Morgan fingerprint density at radius 2 is 1.72 bits per heavy atom. The maximum atomic E-state index is 12.9. The van der Waals surface area contributed by atoms with Crippen LogP contribution >= 0.6 is 0 Å². The maximum Gasteiger partial charge on any atom is 0.220 e. The number of amides is 1. The highest BCUT2D eigenvalue weighted by Gasteiger charge is 2.16. The number of ether oxygens (including phenoxy) is 1. The molecule has 0 aliphatic carbocycles. The average Bonchev–Trinajstić information content (AvgIpc) is 2.77. The van der Waals surface area contributed by atoms with Crippen LogP contribution in [0.4, 0.5) is 10.1 Å². The summed E-state index contributed by atoms with van der Waals surface area (Å²) in [6.07, 6.45) is 2.02. The van der Waals surface area contributed by atoms with E-state index in [9.17, 15) is 9.18 Å². The molecule has 1 fully saturated rings. The first-order chi connectivity index (χ1) is 14.1. The smallest absolute Gasteiger partial charge is 0.220 e. The third kappa shape index (κ3) is 6.75. The van der Waals surface area contributed by atoms with Crippen molar-refractivity contribution in [1.29, 1.82) is 0 Å². The van der Waals surface area contributed by atoms with E-state index < -0.39 is 0 Å². The minimum Gasteiger partial charge on any atom is -0.497 e. The van der Waals surface area contributed by atoms with Crippen LogP contribution in [0.2, 0.25) is 0 Å². The Labute approximate surface area is 172 Å². The number of aryl methyl sites for hydroxylation is 1.